The van der Waals surface area contributed by atoms with E-state index in [2.05, 4.69) is 10.3 Å². The topological polar surface area (TPSA) is 88.6 Å². The van der Waals surface area contributed by atoms with Crippen LogP contribution in [0.4, 0.5) is 5.13 Å². The van der Waals surface area contributed by atoms with E-state index >= 15 is 0 Å². The Morgan fingerprint density at radius 1 is 1.23 bits per heavy atom. The van der Waals surface area contributed by atoms with E-state index in [-0.39, 0.29) is 30.2 Å². The van der Waals surface area contributed by atoms with Crippen LogP contribution in [0.2, 0.25) is 0 Å². The summed E-state index contributed by atoms with van der Waals surface area (Å²) < 4.78 is 5.08. The van der Waals surface area contributed by atoms with E-state index in [4.69, 9.17) is 4.74 Å². The van der Waals surface area contributed by atoms with Crippen LogP contribution < -0.4 is 5.32 Å². The van der Waals surface area contributed by atoms with E-state index in [1.807, 2.05) is 44.2 Å². The molecule has 1 aromatic heterocycles. The highest BCUT2D eigenvalue weighted by atomic mass is 32.1. The van der Waals surface area contributed by atoms with Gasteiger partial charge in [-0.3, -0.25) is 9.59 Å². The van der Waals surface area contributed by atoms with Gasteiger partial charge >= 0.3 is 5.97 Å². The third-order valence-electron chi connectivity index (χ3n) is 3.46. The minimum atomic E-state index is -0.699. The number of rotatable bonds is 7. The standard InChI is InChI=1S/C18H21N3O4S/c1-12(2)21(9-14-7-5-4-6-8-14)16(23)10-25-17(24)15-11-26-18(20-15)19-13(3)22/h4-8,11-12H,9-10H2,1-3H3,(H,19,20,22). The number of nitrogens with one attached hydrogen (secondary N) is 1. The number of hydrogen-bond donors (Lipinski definition) is 1. The largest absolute Gasteiger partial charge is 0.451 e. The van der Waals surface area contributed by atoms with Crippen molar-refractivity contribution in [1.29, 1.82) is 0 Å². The fourth-order valence-electron chi connectivity index (χ4n) is 2.20. The summed E-state index contributed by atoms with van der Waals surface area (Å²) in [6.45, 7) is 5.24. The molecule has 138 valence electrons. The maximum Gasteiger partial charge on any atom is 0.358 e. The third-order valence-corrected chi connectivity index (χ3v) is 4.22. The van der Waals surface area contributed by atoms with Crippen molar-refractivity contribution in [2.24, 2.45) is 0 Å². The SMILES string of the molecule is CC(=O)Nc1nc(C(=O)OCC(=O)N(Cc2ccccc2)C(C)C)cs1. The minimum absolute atomic E-state index is 0.0351. The van der Waals surface area contributed by atoms with Crippen LogP contribution in [-0.2, 0) is 20.9 Å². The number of ether oxygens (including phenoxy) is 1. The average Bonchev–Trinajstić information content (AvgIpc) is 3.05. The molecule has 8 heteroatoms. The van der Waals surface area contributed by atoms with Crippen molar-refractivity contribution in [3.05, 3.63) is 47.0 Å². The average molecular weight is 375 g/mol. The molecule has 1 aromatic carbocycles. The fraction of sp³-hybridized carbons (Fsp3) is 0.333. The van der Waals surface area contributed by atoms with Gasteiger partial charge in [0.1, 0.15) is 0 Å². The lowest BCUT2D eigenvalue weighted by Gasteiger charge is -2.26. The molecule has 2 aromatic rings. The Kier molecular flexibility index (Phi) is 6.85. The number of nitrogens with zero attached hydrogens (tertiary/aromatic N) is 2. The first kappa shape index (κ1) is 19.6. The normalized spacial score (nSPS) is 10.5. The number of thiazole rings is 1. The Morgan fingerprint density at radius 2 is 1.92 bits per heavy atom. The number of hydrogen-bond acceptors (Lipinski definition) is 6. The summed E-state index contributed by atoms with van der Waals surface area (Å²) in [5.41, 5.74) is 1.06. The third kappa shape index (κ3) is 5.66. The number of carbonyl (C=O) groups excluding carboxylic acids is 3. The van der Waals surface area contributed by atoms with Crippen molar-refractivity contribution in [2.75, 3.05) is 11.9 Å². The van der Waals surface area contributed by atoms with Gasteiger partial charge in [-0.2, -0.15) is 0 Å². The number of anilines is 1. The van der Waals surface area contributed by atoms with Crippen LogP contribution in [0.1, 0.15) is 36.8 Å². The van der Waals surface area contributed by atoms with Gasteiger partial charge < -0.3 is 15.0 Å². The number of carbonyl (C=O) groups is 3. The number of amides is 2. The smallest absolute Gasteiger partial charge is 0.358 e. The summed E-state index contributed by atoms with van der Waals surface area (Å²) in [5, 5.41) is 4.27. The number of benzene rings is 1. The highest BCUT2D eigenvalue weighted by molar-refractivity contribution is 7.14. The van der Waals surface area contributed by atoms with Crippen molar-refractivity contribution in [2.45, 2.75) is 33.4 Å². The summed E-state index contributed by atoms with van der Waals surface area (Å²) >= 11 is 1.11. The molecule has 0 unspecified atom stereocenters. The van der Waals surface area contributed by atoms with Crippen LogP contribution >= 0.6 is 11.3 Å². The quantitative estimate of drug-likeness (QED) is 0.752. The highest BCUT2D eigenvalue weighted by Gasteiger charge is 2.20. The number of esters is 1. The lowest BCUT2D eigenvalue weighted by atomic mass is 10.2. The molecule has 2 rings (SSSR count). The van der Waals surface area contributed by atoms with Gasteiger partial charge in [-0.1, -0.05) is 30.3 Å². The molecule has 0 bridgehead atoms. The first-order valence-corrected chi connectivity index (χ1v) is 8.98. The molecule has 1 N–H and O–H groups in total. The summed E-state index contributed by atoms with van der Waals surface area (Å²) in [5.74, 6) is -1.26. The van der Waals surface area contributed by atoms with Gasteiger partial charge in [0, 0.05) is 24.9 Å². The molecule has 2 amide bonds. The molecule has 0 aliphatic carbocycles. The lowest BCUT2D eigenvalue weighted by Crippen LogP contribution is -2.39. The zero-order valence-electron chi connectivity index (χ0n) is 14.9. The second-order valence-corrected chi connectivity index (χ2v) is 6.75. The molecular weight excluding hydrogens is 354 g/mol. The molecule has 26 heavy (non-hydrogen) atoms. The van der Waals surface area contributed by atoms with Crippen LogP contribution in [0.5, 0.6) is 0 Å². The van der Waals surface area contributed by atoms with Crippen LogP contribution in [0, 0.1) is 0 Å². The fourth-order valence-corrected chi connectivity index (χ4v) is 2.92. The molecule has 0 aliphatic rings. The van der Waals surface area contributed by atoms with E-state index in [1.165, 1.54) is 12.3 Å². The Balaban J connectivity index is 1.93. The molecule has 0 spiro atoms. The Labute approximate surface area is 156 Å². The summed E-state index contributed by atoms with van der Waals surface area (Å²) in [4.78, 5) is 41.1. The van der Waals surface area contributed by atoms with Crippen molar-refractivity contribution >= 4 is 34.3 Å². The summed E-state index contributed by atoms with van der Waals surface area (Å²) in [7, 11) is 0. The van der Waals surface area contributed by atoms with E-state index in [1.54, 1.807) is 4.90 Å². The van der Waals surface area contributed by atoms with E-state index in [9.17, 15) is 14.4 Å². The number of aromatic nitrogens is 1. The maximum absolute atomic E-state index is 12.4. The van der Waals surface area contributed by atoms with E-state index < -0.39 is 5.97 Å². The van der Waals surface area contributed by atoms with Gasteiger partial charge in [-0.15, -0.1) is 11.3 Å². The molecule has 0 saturated carbocycles. The van der Waals surface area contributed by atoms with Gasteiger partial charge in [0.2, 0.25) is 5.91 Å². The second-order valence-electron chi connectivity index (χ2n) is 5.90. The van der Waals surface area contributed by atoms with Crippen molar-refractivity contribution < 1.29 is 19.1 Å². The molecule has 0 fully saturated rings. The van der Waals surface area contributed by atoms with Crippen LogP contribution in [-0.4, -0.2) is 40.3 Å². The van der Waals surface area contributed by atoms with Gasteiger partial charge in [-0.25, -0.2) is 9.78 Å². The first-order chi connectivity index (χ1) is 12.4. The predicted molar refractivity (Wildman–Crippen MR) is 98.8 cm³/mol. The van der Waals surface area contributed by atoms with Crippen LogP contribution in [0.3, 0.4) is 0 Å². The first-order valence-electron chi connectivity index (χ1n) is 8.10. The molecule has 1 heterocycles. The summed E-state index contributed by atoms with van der Waals surface area (Å²) in [6.07, 6.45) is 0. The highest BCUT2D eigenvalue weighted by Crippen LogP contribution is 2.16. The molecular formula is C18H21N3O4S. The van der Waals surface area contributed by atoms with E-state index in [0.29, 0.717) is 11.7 Å². The minimum Gasteiger partial charge on any atom is -0.451 e. The summed E-state index contributed by atoms with van der Waals surface area (Å²) in [6, 6.07) is 9.57. The monoisotopic (exact) mass is 375 g/mol. The van der Waals surface area contributed by atoms with Crippen LogP contribution in [0.15, 0.2) is 35.7 Å². The predicted octanol–water partition coefficient (Wildman–Crippen LogP) is 2.70. The Morgan fingerprint density at radius 3 is 2.54 bits per heavy atom. The van der Waals surface area contributed by atoms with Gasteiger partial charge in [-0.05, 0) is 19.4 Å². The van der Waals surface area contributed by atoms with Gasteiger partial charge in [0.25, 0.3) is 5.91 Å². The zero-order chi connectivity index (χ0) is 19.1. The molecule has 0 radical (unpaired) electrons. The van der Waals surface area contributed by atoms with Gasteiger partial charge in [0.05, 0.1) is 0 Å². The molecule has 0 atom stereocenters. The van der Waals surface area contributed by atoms with Gasteiger partial charge in [0.15, 0.2) is 17.4 Å². The van der Waals surface area contributed by atoms with Crippen LogP contribution in [0.25, 0.3) is 0 Å². The maximum atomic E-state index is 12.4. The Hall–Kier alpha value is -2.74. The zero-order valence-corrected chi connectivity index (χ0v) is 15.7. The lowest BCUT2D eigenvalue weighted by molar-refractivity contribution is -0.137. The molecule has 7 nitrogen and oxygen atoms in total. The van der Waals surface area contributed by atoms with Crippen molar-refractivity contribution in [3.63, 3.8) is 0 Å². The van der Waals surface area contributed by atoms with E-state index in [0.717, 1.165) is 16.9 Å². The second kappa shape index (κ2) is 9.10. The molecule has 0 aliphatic heterocycles. The molecule has 0 saturated heterocycles. The van der Waals surface area contributed by atoms with Crippen molar-refractivity contribution in [1.82, 2.24) is 9.88 Å². The van der Waals surface area contributed by atoms with Crippen molar-refractivity contribution in [3.8, 4) is 0 Å². The Bertz CT molecular complexity index is 774.